The van der Waals surface area contributed by atoms with Crippen molar-refractivity contribution in [3.8, 4) is 5.75 Å². The number of carbonyl (C=O) groups is 2. The van der Waals surface area contributed by atoms with Crippen LogP contribution in [0.3, 0.4) is 0 Å². The van der Waals surface area contributed by atoms with Gasteiger partial charge in [0.15, 0.2) is 0 Å². The minimum Gasteiger partial charge on any atom is -0.494 e. The van der Waals surface area contributed by atoms with E-state index in [1.807, 2.05) is 49.4 Å². The first-order chi connectivity index (χ1) is 17.1. The van der Waals surface area contributed by atoms with Gasteiger partial charge in [0.1, 0.15) is 5.75 Å². The quantitative estimate of drug-likeness (QED) is 0.183. The van der Waals surface area contributed by atoms with Crippen LogP contribution < -0.4 is 15.5 Å². The fraction of sp³-hybridized carbons (Fsp3) is 0.276. The van der Waals surface area contributed by atoms with Gasteiger partial charge in [-0.25, -0.2) is 5.43 Å². The van der Waals surface area contributed by atoms with Crippen LogP contribution in [0.25, 0.3) is 0 Å². The first-order valence-corrected chi connectivity index (χ1v) is 12.1. The maximum atomic E-state index is 12.7. The van der Waals surface area contributed by atoms with Crippen LogP contribution >= 0.6 is 0 Å². The molecule has 0 saturated carbocycles. The van der Waals surface area contributed by atoms with Crippen LogP contribution in [0.4, 0.5) is 5.69 Å². The third-order valence-corrected chi connectivity index (χ3v) is 5.59. The van der Waals surface area contributed by atoms with Crippen LogP contribution in [0.1, 0.15) is 70.9 Å². The number of nitrogens with one attached hydrogen (secondary N) is 2. The topological polar surface area (TPSA) is 79.8 Å². The molecular weight excluding hydrogens is 438 g/mol. The fourth-order valence-corrected chi connectivity index (χ4v) is 3.58. The van der Waals surface area contributed by atoms with E-state index in [4.69, 9.17) is 4.74 Å². The molecule has 0 spiro atoms. The molecule has 0 heterocycles. The monoisotopic (exact) mass is 471 g/mol. The molecule has 6 nitrogen and oxygen atoms in total. The third-order valence-electron chi connectivity index (χ3n) is 5.59. The number of carbonyl (C=O) groups excluding carboxylic acids is 2. The van der Waals surface area contributed by atoms with Gasteiger partial charge in [-0.1, -0.05) is 62.9 Å². The summed E-state index contributed by atoms with van der Waals surface area (Å²) < 4.78 is 5.78. The Morgan fingerprint density at radius 3 is 2.26 bits per heavy atom. The molecule has 2 N–H and O–H groups in total. The Morgan fingerprint density at radius 1 is 0.829 bits per heavy atom. The third kappa shape index (κ3) is 8.10. The molecule has 0 atom stereocenters. The van der Waals surface area contributed by atoms with E-state index >= 15 is 0 Å². The first-order valence-electron chi connectivity index (χ1n) is 12.1. The van der Waals surface area contributed by atoms with Crippen LogP contribution in [0.15, 0.2) is 77.9 Å². The second-order valence-electron chi connectivity index (χ2n) is 8.35. The Morgan fingerprint density at radius 2 is 1.51 bits per heavy atom. The molecule has 0 fully saturated rings. The fourth-order valence-electron chi connectivity index (χ4n) is 3.58. The van der Waals surface area contributed by atoms with Gasteiger partial charge in [-0.3, -0.25) is 9.59 Å². The van der Waals surface area contributed by atoms with Crippen LogP contribution in [0.5, 0.6) is 5.75 Å². The lowest BCUT2D eigenvalue weighted by Gasteiger charge is -2.11. The Bertz CT molecular complexity index is 1140. The van der Waals surface area contributed by atoms with Crippen molar-refractivity contribution in [2.75, 3.05) is 11.9 Å². The zero-order chi connectivity index (χ0) is 24.9. The van der Waals surface area contributed by atoms with Gasteiger partial charge in [0.2, 0.25) is 0 Å². The van der Waals surface area contributed by atoms with Crippen molar-refractivity contribution < 1.29 is 14.3 Å². The Balaban J connectivity index is 1.53. The summed E-state index contributed by atoms with van der Waals surface area (Å²) in [6.07, 6.45) is 7.59. The summed E-state index contributed by atoms with van der Waals surface area (Å²) in [6.45, 7) is 4.79. The summed E-state index contributed by atoms with van der Waals surface area (Å²) in [6, 6.07) is 21.7. The van der Waals surface area contributed by atoms with Crippen LogP contribution in [0.2, 0.25) is 0 Å². The predicted molar refractivity (Wildman–Crippen MR) is 141 cm³/mol. The number of para-hydroxylation sites is 1. The number of amides is 2. The molecule has 0 bridgehead atoms. The van der Waals surface area contributed by atoms with Gasteiger partial charge in [0.25, 0.3) is 11.8 Å². The number of hydrazone groups is 1. The average molecular weight is 472 g/mol. The van der Waals surface area contributed by atoms with Crippen molar-refractivity contribution in [2.24, 2.45) is 5.10 Å². The number of hydrogen-bond donors (Lipinski definition) is 2. The summed E-state index contributed by atoms with van der Waals surface area (Å²) in [5.74, 6) is 0.139. The molecule has 0 aromatic heterocycles. The maximum absolute atomic E-state index is 12.7. The second kappa shape index (κ2) is 13.7. The van der Waals surface area contributed by atoms with Gasteiger partial charge >= 0.3 is 0 Å². The van der Waals surface area contributed by atoms with E-state index in [1.165, 1.54) is 25.7 Å². The zero-order valence-electron chi connectivity index (χ0n) is 20.4. The number of ether oxygens (including phenoxy) is 1. The highest BCUT2D eigenvalue weighted by Crippen LogP contribution is 2.18. The smallest absolute Gasteiger partial charge is 0.273 e. The van der Waals surface area contributed by atoms with E-state index in [9.17, 15) is 9.59 Å². The molecule has 0 aliphatic rings. The van der Waals surface area contributed by atoms with Gasteiger partial charge in [-0.2, -0.15) is 5.10 Å². The van der Waals surface area contributed by atoms with E-state index in [0.29, 0.717) is 23.4 Å². The largest absolute Gasteiger partial charge is 0.494 e. The molecule has 3 rings (SSSR count). The summed E-state index contributed by atoms with van der Waals surface area (Å²) in [5.41, 5.74) is 5.54. The number of hydrogen-bond acceptors (Lipinski definition) is 4. The molecule has 6 heteroatoms. The van der Waals surface area contributed by atoms with Gasteiger partial charge in [-0.15, -0.1) is 0 Å². The molecular formula is C29H33N3O3. The van der Waals surface area contributed by atoms with Crippen LogP contribution in [-0.4, -0.2) is 24.6 Å². The van der Waals surface area contributed by atoms with E-state index in [1.54, 1.807) is 36.5 Å². The molecule has 35 heavy (non-hydrogen) atoms. The van der Waals surface area contributed by atoms with Crippen molar-refractivity contribution in [3.05, 3.63) is 95.1 Å². The Labute approximate surface area is 207 Å². The van der Waals surface area contributed by atoms with E-state index in [2.05, 4.69) is 22.8 Å². The lowest BCUT2D eigenvalue weighted by atomic mass is 10.1. The number of anilines is 1. The van der Waals surface area contributed by atoms with E-state index < -0.39 is 5.91 Å². The first kappa shape index (κ1) is 25.7. The lowest BCUT2D eigenvalue weighted by molar-refractivity contribution is 0.0956. The standard InChI is InChI=1S/C29H33N3O3/c1-3-4-5-6-11-20-35-24-18-16-23(17-19-24)21-30-32-29(34)26-14-9-10-15-27(26)31-28(33)25-13-8-7-12-22(25)2/h7-10,12-19,21H,3-6,11,20H2,1-2H3,(H,31,33)(H,32,34)/b30-21+. The summed E-state index contributed by atoms with van der Waals surface area (Å²) in [5, 5.41) is 6.89. The molecule has 3 aromatic rings. The summed E-state index contributed by atoms with van der Waals surface area (Å²) in [7, 11) is 0. The highest BCUT2D eigenvalue weighted by Gasteiger charge is 2.14. The second-order valence-corrected chi connectivity index (χ2v) is 8.35. The number of nitrogens with zero attached hydrogens (tertiary/aromatic N) is 1. The molecule has 3 aromatic carbocycles. The maximum Gasteiger partial charge on any atom is 0.273 e. The minimum atomic E-state index is -0.412. The molecule has 182 valence electrons. The SMILES string of the molecule is CCCCCCCOc1ccc(/C=N/NC(=O)c2ccccc2NC(=O)c2ccccc2C)cc1. The number of benzene rings is 3. The van der Waals surface area contributed by atoms with Gasteiger partial charge in [0, 0.05) is 5.56 Å². The van der Waals surface area contributed by atoms with Crippen molar-refractivity contribution in [1.29, 1.82) is 0 Å². The molecule has 0 saturated heterocycles. The predicted octanol–water partition coefficient (Wildman–Crippen LogP) is 6.36. The average Bonchev–Trinajstić information content (AvgIpc) is 2.87. The summed E-state index contributed by atoms with van der Waals surface area (Å²) >= 11 is 0. The molecule has 0 unspecified atom stereocenters. The molecule has 0 radical (unpaired) electrons. The van der Waals surface area contributed by atoms with Crippen molar-refractivity contribution in [3.63, 3.8) is 0 Å². The van der Waals surface area contributed by atoms with E-state index in [0.717, 1.165) is 23.3 Å². The van der Waals surface area contributed by atoms with Crippen LogP contribution in [-0.2, 0) is 0 Å². The van der Waals surface area contributed by atoms with Crippen molar-refractivity contribution in [1.82, 2.24) is 5.43 Å². The molecule has 2 amide bonds. The normalized spacial score (nSPS) is 10.8. The van der Waals surface area contributed by atoms with Gasteiger partial charge in [0.05, 0.1) is 24.1 Å². The Hall–Kier alpha value is -3.93. The summed E-state index contributed by atoms with van der Waals surface area (Å²) in [4.78, 5) is 25.4. The number of unbranched alkanes of at least 4 members (excludes halogenated alkanes) is 4. The zero-order valence-corrected chi connectivity index (χ0v) is 20.4. The molecule has 0 aliphatic carbocycles. The Kier molecular flexibility index (Phi) is 10.1. The number of rotatable bonds is 12. The van der Waals surface area contributed by atoms with Crippen molar-refractivity contribution >= 4 is 23.7 Å². The van der Waals surface area contributed by atoms with E-state index in [-0.39, 0.29) is 5.91 Å². The minimum absolute atomic E-state index is 0.268. The van der Waals surface area contributed by atoms with Crippen molar-refractivity contribution in [2.45, 2.75) is 46.0 Å². The highest BCUT2D eigenvalue weighted by molar-refractivity contribution is 6.09. The highest BCUT2D eigenvalue weighted by atomic mass is 16.5. The number of aryl methyl sites for hydroxylation is 1. The lowest BCUT2D eigenvalue weighted by Crippen LogP contribution is -2.21. The van der Waals surface area contributed by atoms with Crippen LogP contribution in [0, 0.1) is 6.92 Å². The van der Waals surface area contributed by atoms with Gasteiger partial charge in [-0.05, 0) is 66.9 Å². The van der Waals surface area contributed by atoms with Gasteiger partial charge < -0.3 is 10.1 Å². The molecule has 0 aliphatic heterocycles.